The molecule has 2 bridgehead atoms. The van der Waals surface area contributed by atoms with Crippen molar-refractivity contribution in [2.75, 3.05) is 50.2 Å². The van der Waals surface area contributed by atoms with Crippen LogP contribution in [0.4, 0.5) is 33.8 Å². The summed E-state index contributed by atoms with van der Waals surface area (Å²) in [6.45, 7) is 5.50. The largest absolute Gasteiger partial charge is 0.418 e. The van der Waals surface area contributed by atoms with Gasteiger partial charge in [-0.2, -0.15) is 23.7 Å². The van der Waals surface area contributed by atoms with Gasteiger partial charge in [0.1, 0.15) is 0 Å². The maximum atomic E-state index is 14.2. The van der Waals surface area contributed by atoms with Crippen LogP contribution in [0.5, 0.6) is 11.8 Å². The van der Waals surface area contributed by atoms with Crippen LogP contribution < -0.4 is 15.4 Å². The minimum absolute atomic E-state index is 0.0311. The molecule has 37 heavy (non-hydrogen) atoms. The molecule has 202 valence electrons. The van der Waals surface area contributed by atoms with Crippen LogP contribution in [0.1, 0.15) is 25.7 Å². The molecule has 9 nitrogen and oxygen atoms in total. The first-order valence-electron chi connectivity index (χ1n) is 11.9. The molecule has 3 atom stereocenters. The first-order chi connectivity index (χ1) is 17.9. The van der Waals surface area contributed by atoms with Gasteiger partial charge in [0.25, 0.3) is 0 Å². The predicted octanol–water partition coefficient (Wildman–Crippen LogP) is 4.11. The highest BCUT2D eigenvalue weighted by atomic mass is 19.2. The topological polar surface area (TPSA) is 103 Å². The lowest BCUT2D eigenvalue weighted by molar-refractivity contribution is 0.0549. The van der Waals surface area contributed by atoms with Gasteiger partial charge in [-0.3, -0.25) is 4.99 Å². The van der Waals surface area contributed by atoms with E-state index in [0.29, 0.717) is 38.2 Å². The molecule has 0 radical (unpaired) electrons. The number of ether oxygens (including phenoxy) is 3. The number of hydrogen-bond donors (Lipinski definition) is 2. The molecule has 3 unspecified atom stereocenters. The van der Waals surface area contributed by atoms with E-state index in [1.54, 1.807) is 0 Å². The van der Waals surface area contributed by atoms with Crippen LogP contribution in [0.25, 0.3) is 0 Å². The number of nitrogens with one attached hydrogen (secondary N) is 2. The molecule has 0 amide bonds. The van der Waals surface area contributed by atoms with Crippen molar-refractivity contribution in [2.45, 2.75) is 31.7 Å². The molecule has 0 aliphatic heterocycles. The van der Waals surface area contributed by atoms with E-state index in [2.05, 4.69) is 37.3 Å². The summed E-state index contributed by atoms with van der Waals surface area (Å²) in [4.78, 5) is 15.9. The summed E-state index contributed by atoms with van der Waals surface area (Å²) < 4.78 is 84.6. The Bertz CT molecular complexity index is 1080. The van der Waals surface area contributed by atoms with E-state index in [1.807, 2.05) is 0 Å². The third kappa shape index (κ3) is 6.60. The second-order valence-electron chi connectivity index (χ2n) is 8.79. The van der Waals surface area contributed by atoms with E-state index >= 15 is 0 Å². The predicted molar refractivity (Wildman–Crippen MR) is 124 cm³/mol. The quantitative estimate of drug-likeness (QED) is 0.124. The lowest BCUT2D eigenvalue weighted by Crippen LogP contribution is -2.27. The SMILES string of the molecule is C=NCCOCCOCCNc1nc(NC2CC3CCC2C3)nc(Oc2c(F)c(F)c(F)c(F)c2F)n1. The highest BCUT2D eigenvalue weighted by molar-refractivity contribution is 5.39. The number of benzene rings is 1. The van der Waals surface area contributed by atoms with Gasteiger partial charge in [0, 0.05) is 12.6 Å². The number of anilines is 2. The van der Waals surface area contributed by atoms with Crippen molar-refractivity contribution in [3.05, 3.63) is 29.1 Å². The average Bonchev–Trinajstić information content (AvgIpc) is 3.51. The lowest BCUT2D eigenvalue weighted by Gasteiger charge is -2.23. The fraction of sp³-hybridized carbons (Fsp3) is 0.565. The third-order valence-electron chi connectivity index (χ3n) is 6.33. The van der Waals surface area contributed by atoms with Crippen LogP contribution in [-0.2, 0) is 9.47 Å². The monoisotopic (exact) mass is 530 g/mol. The molecule has 2 N–H and O–H groups in total. The highest BCUT2D eigenvalue weighted by Crippen LogP contribution is 2.45. The molecule has 2 aliphatic carbocycles. The third-order valence-corrected chi connectivity index (χ3v) is 6.33. The molecular formula is C23H27F5N6O3. The Labute approximate surface area is 209 Å². The number of aromatic nitrogens is 3. The van der Waals surface area contributed by atoms with Crippen LogP contribution in [0.15, 0.2) is 4.99 Å². The van der Waals surface area contributed by atoms with Crippen LogP contribution in [0, 0.1) is 40.9 Å². The summed E-state index contributed by atoms with van der Waals surface area (Å²) in [5, 5.41) is 6.07. The van der Waals surface area contributed by atoms with E-state index in [9.17, 15) is 22.0 Å². The summed E-state index contributed by atoms with van der Waals surface area (Å²) in [6, 6.07) is -0.549. The van der Waals surface area contributed by atoms with E-state index < -0.39 is 40.8 Å². The number of hydrogen-bond acceptors (Lipinski definition) is 9. The number of rotatable bonds is 14. The standard InChI is InChI=1S/C23H27F5N6O3/c1-29-4-6-35-8-9-36-7-5-30-21-32-22(31-14-11-12-2-3-13(14)10-12)34-23(33-21)37-20-18(27)16(25)15(24)17(26)19(20)28/h12-14H,1-11H2,(H2,30,31,32,33,34). The van der Waals surface area contributed by atoms with Crippen molar-refractivity contribution in [3.8, 4) is 11.8 Å². The Morgan fingerprint density at radius 1 is 0.811 bits per heavy atom. The lowest BCUT2D eigenvalue weighted by atomic mass is 9.95. The zero-order valence-electron chi connectivity index (χ0n) is 19.9. The Morgan fingerprint density at radius 2 is 1.49 bits per heavy atom. The molecule has 2 saturated carbocycles. The Hall–Kier alpha value is -3.13. The maximum absolute atomic E-state index is 14.2. The zero-order valence-corrected chi connectivity index (χ0v) is 19.9. The minimum Gasteiger partial charge on any atom is -0.418 e. The van der Waals surface area contributed by atoms with Gasteiger partial charge < -0.3 is 24.8 Å². The number of aliphatic imine (C=N–C) groups is 1. The molecule has 1 heterocycles. The van der Waals surface area contributed by atoms with Crippen LogP contribution >= 0.6 is 0 Å². The smallest absolute Gasteiger partial charge is 0.328 e. The summed E-state index contributed by atoms with van der Waals surface area (Å²) in [5.74, 6) is -11.3. The van der Waals surface area contributed by atoms with Gasteiger partial charge in [-0.05, 0) is 37.8 Å². The molecule has 1 aromatic carbocycles. The second kappa shape index (κ2) is 12.4. The van der Waals surface area contributed by atoms with Crippen molar-refractivity contribution in [3.63, 3.8) is 0 Å². The van der Waals surface area contributed by atoms with E-state index in [0.717, 1.165) is 25.7 Å². The highest BCUT2D eigenvalue weighted by Gasteiger charge is 2.40. The molecule has 0 spiro atoms. The molecule has 2 aliphatic rings. The fourth-order valence-corrected chi connectivity index (χ4v) is 4.58. The van der Waals surface area contributed by atoms with Crippen LogP contribution in [0.3, 0.4) is 0 Å². The first-order valence-corrected chi connectivity index (χ1v) is 11.9. The molecular weight excluding hydrogens is 503 g/mol. The molecule has 2 fully saturated rings. The van der Waals surface area contributed by atoms with Crippen molar-refractivity contribution in [1.29, 1.82) is 0 Å². The number of nitrogens with zero attached hydrogens (tertiary/aromatic N) is 4. The molecule has 4 rings (SSSR count). The van der Waals surface area contributed by atoms with Crippen molar-refractivity contribution in [2.24, 2.45) is 16.8 Å². The summed E-state index contributed by atoms with van der Waals surface area (Å²) in [6.07, 6.45) is 4.24. The van der Waals surface area contributed by atoms with Gasteiger partial charge in [0.05, 0.1) is 33.0 Å². The van der Waals surface area contributed by atoms with Crippen molar-refractivity contribution < 1.29 is 36.2 Å². The number of fused-ring (bicyclic) bond motifs is 2. The van der Waals surface area contributed by atoms with E-state index in [1.165, 1.54) is 0 Å². The van der Waals surface area contributed by atoms with Gasteiger partial charge in [-0.1, -0.05) is 6.42 Å². The Kier molecular flexibility index (Phi) is 9.03. The molecule has 1 aromatic heterocycles. The van der Waals surface area contributed by atoms with Gasteiger partial charge in [0.2, 0.25) is 46.7 Å². The number of halogens is 5. The zero-order chi connectivity index (χ0) is 26.4. The second-order valence-corrected chi connectivity index (χ2v) is 8.79. The summed E-state index contributed by atoms with van der Waals surface area (Å²) in [7, 11) is 0. The molecule has 2 aromatic rings. The van der Waals surface area contributed by atoms with Crippen molar-refractivity contribution in [1.82, 2.24) is 15.0 Å². The molecule has 14 heteroatoms. The van der Waals surface area contributed by atoms with Gasteiger partial charge in [-0.15, -0.1) is 0 Å². The first kappa shape index (κ1) is 26.9. The van der Waals surface area contributed by atoms with Gasteiger partial charge in [-0.25, -0.2) is 13.2 Å². The Balaban J connectivity index is 1.44. The Morgan fingerprint density at radius 3 is 2.14 bits per heavy atom. The van der Waals surface area contributed by atoms with Crippen LogP contribution in [0.2, 0.25) is 0 Å². The van der Waals surface area contributed by atoms with Crippen molar-refractivity contribution >= 4 is 18.6 Å². The summed E-state index contributed by atoms with van der Waals surface area (Å²) >= 11 is 0. The molecule has 0 saturated heterocycles. The van der Waals surface area contributed by atoms with Crippen LogP contribution in [-0.4, -0.2) is 67.2 Å². The fourth-order valence-electron chi connectivity index (χ4n) is 4.58. The van der Waals surface area contributed by atoms with Gasteiger partial charge in [0.15, 0.2) is 0 Å². The van der Waals surface area contributed by atoms with E-state index in [-0.39, 0.29) is 31.1 Å². The van der Waals surface area contributed by atoms with Gasteiger partial charge >= 0.3 is 6.01 Å². The maximum Gasteiger partial charge on any atom is 0.328 e. The average molecular weight is 530 g/mol. The normalized spacial score (nSPS) is 20.3. The summed E-state index contributed by atoms with van der Waals surface area (Å²) in [5.41, 5.74) is 0. The van der Waals surface area contributed by atoms with E-state index in [4.69, 9.17) is 14.2 Å². The minimum atomic E-state index is -2.29.